The fourth-order valence-corrected chi connectivity index (χ4v) is 3.10. The maximum absolute atomic E-state index is 9.66. The van der Waals surface area contributed by atoms with Crippen LogP contribution in [0.5, 0.6) is 5.75 Å². The minimum Gasteiger partial charge on any atom is -0.508 e. The maximum atomic E-state index is 9.66. The number of nitrogens with one attached hydrogen (secondary N) is 1. The number of likely N-dealkylation sites (tertiary alicyclic amines) is 1. The first kappa shape index (κ1) is 10.9. The van der Waals surface area contributed by atoms with Crippen molar-refractivity contribution in [2.75, 3.05) is 25.0 Å². The fourth-order valence-electron chi connectivity index (χ4n) is 3.10. The molecule has 1 atom stereocenters. The zero-order valence-corrected chi connectivity index (χ0v) is 10.2. The predicted octanol–water partition coefficient (Wildman–Crippen LogP) is 2.73. The normalized spacial score (nSPS) is 25.1. The number of aromatic hydroxyl groups is 1. The molecule has 0 spiro atoms. The minimum atomic E-state index is 0.384. The summed E-state index contributed by atoms with van der Waals surface area (Å²) in [6.45, 7) is 3.46. The molecular formula is C14H20N2O. The summed E-state index contributed by atoms with van der Waals surface area (Å²) in [4.78, 5) is 2.59. The first-order valence-electron chi connectivity index (χ1n) is 6.65. The highest BCUT2D eigenvalue weighted by Crippen LogP contribution is 2.37. The average molecular weight is 232 g/mol. The van der Waals surface area contributed by atoms with Crippen molar-refractivity contribution in [3.8, 4) is 5.75 Å². The van der Waals surface area contributed by atoms with Gasteiger partial charge in [-0.1, -0.05) is 6.42 Å². The summed E-state index contributed by atoms with van der Waals surface area (Å²) >= 11 is 0. The number of phenols is 1. The summed E-state index contributed by atoms with van der Waals surface area (Å²) < 4.78 is 0. The largest absolute Gasteiger partial charge is 0.508 e. The van der Waals surface area contributed by atoms with E-state index in [1.54, 1.807) is 6.07 Å². The molecule has 1 aromatic rings. The molecule has 1 aromatic carbocycles. The van der Waals surface area contributed by atoms with Crippen LogP contribution in [0.15, 0.2) is 18.2 Å². The topological polar surface area (TPSA) is 35.5 Å². The van der Waals surface area contributed by atoms with Crippen molar-refractivity contribution in [1.82, 2.24) is 4.90 Å². The van der Waals surface area contributed by atoms with Gasteiger partial charge in [0, 0.05) is 18.3 Å². The Hall–Kier alpha value is -1.22. The zero-order valence-electron chi connectivity index (χ0n) is 10.2. The fraction of sp³-hybridized carbons (Fsp3) is 0.571. The number of fused-ring (bicyclic) bond motifs is 1. The molecule has 2 aliphatic heterocycles. The quantitative estimate of drug-likeness (QED) is 0.731. The van der Waals surface area contributed by atoms with Crippen LogP contribution in [-0.4, -0.2) is 29.6 Å². The first-order chi connectivity index (χ1) is 8.34. The Morgan fingerprint density at radius 3 is 2.82 bits per heavy atom. The second-order valence-corrected chi connectivity index (χ2v) is 5.10. The van der Waals surface area contributed by atoms with E-state index in [1.807, 2.05) is 12.1 Å². The Bertz CT molecular complexity index is 399. The van der Waals surface area contributed by atoms with Crippen molar-refractivity contribution in [2.24, 2.45) is 0 Å². The second kappa shape index (κ2) is 4.57. The molecular weight excluding hydrogens is 212 g/mol. The van der Waals surface area contributed by atoms with E-state index in [1.165, 1.54) is 43.6 Å². The number of piperidine rings is 1. The van der Waals surface area contributed by atoms with Gasteiger partial charge in [-0.05, 0) is 56.1 Å². The SMILES string of the molecule is Oc1ccc2c(c1)C(N1CCCCC1)CCN2. The third-order valence-electron chi connectivity index (χ3n) is 3.96. The molecule has 0 aliphatic carbocycles. The van der Waals surface area contributed by atoms with E-state index in [9.17, 15) is 5.11 Å². The molecule has 2 heterocycles. The van der Waals surface area contributed by atoms with Gasteiger partial charge in [0.05, 0.1) is 0 Å². The Kier molecular flexibility index (Phi) is 2.93. The van der Waals surface area contributed by atoms with Crippen LogP contribution in [0.2, 0.25) is 0 Å². The molecule has 1 fully saturated rings. The van der Waals surface area contributed by atoms with E-state index in [0.717, 1.165) is 13.0 Å². The molecule has 0 saturated carbocycles. The standard InChI is InChI=1S/C14H20N2O/c17-11-4-5-13-12(10-11)14(6-7-15-13)16-8-2-1-3-9-16/h4-5,10,14-15,17H,1-3,6-9H2. The van der Waals surface area contributed by atoms with Gasteiger partial charge in [-0.3, -0.25) is 4.90 Å². The summed E-state index contributed by atoms with van der Waals surface area (Å²) in [5.41, 5.74) is 2.47. The molecule has 3 heteroatoms. The molecule has 2 aliphatic rings. The van der Waals surface area contributed by atoms with Gasteiger partial charge in [-0.2, -0.15) is 0 Å². The van der Waals surface area contributed by atoms with Crippen molar-refractivity contribution in [2.45, 2.75) is 31.7 Å². The highest BCUT2D eigenvalue weighted by atomic mass is 16.3. The van der Waals surface area contributed by atoms with Crippen molar-refractivity contribution < 1.29 is 5.11 Å². The second-order valence-electron chi connectivity index (χ2n) is 5.10. The number of nitrogens with zero attached hydrogens (tertiary/aromatic N) is 1. The van der Waals surface area contributed by atoms with Gasteiger partial charge in [0.2, 0.25) is 0 Å². The number of hydrogen-bond acceptors (Lipinski definition) is 3. The number of hydrogen-bond donors (Lipinski definition) is 2. The molecule has 1 saturated heterocycles. The van der Waals surface area contributed by atoms with Crippen molar-refractivity contribution in [1.29, 1.82) is 0 Å². The number of anilines is 1. The van der Waals surface area contributed by atoms with Gasteiger partial charge in [0.1, 0.15) is 5.75 Å². The molecule has 1 unspecified atom stereocenters. The smallest absolute Gasteiger partial charge is 0.116 e. The van der Waals surface area contributed by atoms with E-state index in [4.69, 9.17) is 0 Å². The van der Waals surface area contributed by atoms with Crippen LogP contribution < -0.4 is 5.32 Å². The number of phenolic OH excluding ortho intramolecular Hbond substituents is 1. The van der Waals surface area contributed by atoms with Gasteiger partial charge in [0.15, 0.2) is 0 Å². The van der Waals surface area contributed by atoms with Crippen LogP contribution in [0.3, 0.4) is 0 Å². The lowest BCUT2D eigenvalue weighted by atomic mass is 9.94. The van der Waals surface area contributed by atoms with Crippen LogP contribution in [-0.2, 0) is 0 Å². The van der Waals surface area contributed by atoms with Gasteiger partial charge in [0.25, 0.3) is 0 Å². The van der Waals surface area contributed by atoms with Crippen molar-refractivity contribution in [3.63, 3.8) is 0 Å². The molecule has 0 radical (unpaired) electrons. The first-order valence-corrected chi connectivity index (χ1v) is 6.65. The average Bonchev–Trinajstić information content (AvgIpc) is 2.39. The molecule has 0 amide bonds. The number of rotatable bonds is 1. The van der Waals surface area contributed by atoms with Crippen molar-refractivity contribution >= 4 is 5.69 Å². The van der Waals surface area contributed by atoms with Gasteiger partial charge in [-0.15, -0.1) is 0 Å². The lowest BCUT2D eigenvalue weighted by Gasteiger charge is -2.38. The highest BCUT2D eigenvalue weighted by molar-refractivity contribution is 5.57. The maximum Gasteiger partial charge on any atom is 0.116 e. The van der Waals surface area contributed by atoms with Crippen LogP contribution in [0, 0.1) is 0 Å². The molecule has 17 heavy (non-hydrogen) atoms. The zero-order chi connectivity index (χ0) is 11.7. The van der Waals surface area contributed by atoms with E-state index in [0.29, 0.717) is 11.8 Å². The molecule has 3 rings (SSSR count). The van der Waals surface area contributed by atoms with E-state index in [2.05, 4.69) is 10.2 Å². The highest BCUT2D eigenvalue weighted by Gasteiger charge is 2.26. The van der Waals surface area contributed by atoms with Crippen LogP contribution in [0.25, 0.3) is 0 Å². The summed E-state index contributed by atoms with van der Waals surface area (Å²) in [7, 11) is 0. The molecule has 0 bridgehead atoms. The Balaban J connectivity index is 1.89. The molecule has 0 aromatic heterocycles. The number of benzene rings is 1. The third-order valence-corrected chi connectivity index (χ3v) is 3.96. The lowest BCUT2D eigenvalue weighted by Crippen LogP contribution is -2.36. The Morgan fingerprint density at radius 2 is 2.00 bits per heavy atom. The molecule has 3 nitrogen and oxygen atoms in total. The van der Waals surface area contributed by atoms with Crippen LogP contribution >= 0.6 is 0 Å². The van der Waals surface area contributed by atoms with E-state index >= 15 is 0 Å². The molecule has 92 valence electrons. The van der Waals surface area contributed by atoms with Gasteiger partial charge < -0.3 is 10.4 Å². The van der Waals surface area contributed by atoms with Crippen LogP contribution in [0.4, 0.5) is 5.69 Å². The predicted molar refractivity (Wildman–Crippen MR) is 69.4 cm³/mol. The van der Waals surface area contributed by atoms with Gasteiger partial charge >= 0.3 is 0 Å². The lowest BCUT2D eigenvalue weighted by molar-refractivity contribution is 0.156. The van der Waals surface area contributed by atoms with E-state index in [-0.39, 0.29) is 0 Å². The Morgan fingerprint density at radius 1 is 1.18 bits per heavy atom. The summed E-state index contributed by atoms with van der Waals surface area (Å²) in [6, 6.07) is 6.20. The third kappa shape index (κ3) is 2.12. The van der Waals surface area contributed by atoms with E-state index < -0.39 is 0 Å². The monoisotopic (exact) mass is 232 g/mol. The summed E-state index contributed by atoms with van der Waals surface area (Å²) in [5, 5.41) is 13.1. The summed E-state index contributed by atoms with van der Waals surface area (Å²) in [5.74, 6) is 0.384. The van der Waals surface area contributed by atoms with Crippen LogP contribution in [0.1, 0.15) is 37.3 Å². The van der Waals surface area contributed by atoms with Gasteiger partial charge in [-0.25, -0.2) is 0 Å². The summed E-state index contributed by atoms with van der Waals surface area (Å²) in [6.07, 6.45) is 5.15. The Labute approximate surface area is 102 Å². The molecule has 2 N–H and O–H groups in total. The minimum absolute atomic E-state index is 0.384. The van der Waals surface area contributed by atoms with Crippen molar-refractivity contribution in [3.05, 3.63) is 23.8 Å².